The molecule has 19 heavy (non-hydrogen) atoms. The minimum atomic E-state index is -0.761. The van der Waals surface area contributed by atoms with Crippen LogP contribution in [0.5, 0.6) is 0 Å². The Hall–Kier alpha value is -1.95. The molecule has 6 nitrogen and oxygen atoms in total. The fourth-order valence-corrected chi connectivity index (χ4v) is 2.18. The number of carbonyl (C=O) groups is 2. The number of pyridine rings is 1. The standard InChI is InChI=1S/C13H17N3O3/c17-12(10-3-1-5-14-7-10)15-9-16-6-2-4-11(8-16)13(18)19/h1,3,5,7,11H,2,4,6,8-9H2,(H,15,17)(H,18,19). The number of aromatic nitrogens is 1. The van der Waals surface area contributed by atoms with Gasteiger partial charge in [-0.2, -0.15) is 0 Å². The van der Waals surface area contributed by atoms with Crippen LogP contribution in [0.2, 0.25) is 0 Å². The van der Waals surface area contributed by atoms with Crippen molar-refractivity contribution in [2.45, 2.75) is 12.8 Å². The SMILES string of the molecule is O=C(NCN1CCCC(C(=O)O)C1)c1cccnc1. The third kappa shape index (κ3) is 3.75. The van der Waals surface area contributed by atoms with E-state index in [9.17, 15) is 9.59 Å². The maximum absolute atomic E-state index is 11.8. The number of hydrogen-bond donors (Lipinski definition) is 2. The van der Waals surface area contributed by atoms with Crippen molar-refractivity contribution < 1.29 is 14.7 Å². The molecule has 2 N–H and O–H groups in total. The molecule has 0 aromatic carbocycles. The summed E-state index contributed by atoms with van der Waals surface area (Å²) < 4.78 is 0. The molecule has 1 aromatic heterocycles. The van der Waals surface area contributed by atoms with E-state index in [0.717, 1.165) is 13.0 Å². The second-order valence-electron chi connectivity index (χ2n) is 4.66. The van der Waals surface area contributed by atoms with Crippen LogP contribution in [0.15, 0.2) is 24.5 Å². The summed E-state index contributed by atoms with van der Waals surface area (Å²) in [6, 6.07) is 3.40. The molecule has 102 valence electrons. The van der Waals surface area contributed by atoms with Crippen LogP contribution in [-0.2, 0) is 4.79 Å². The zero-order valence-electron chi connectivity index (χ0n) is 10.6. The van der Waals surface area contributed by atoms with Crippen molar-refractivity contribution in [1.29, 1.82) is 0 Å². The first-order valence-electron chi connectivity index (χ1n) is 6.30. The van der Waals surface area contributed by atoms with Gasteiger partial charge in [0, 0.05) is 18.9 Å². The van der Waals surface area contributed by atoms with Gasteiger partial charge in [0.25, 0.3) is 5.91 Å². The average Bonchev–Trinajstić information content (AvgIpc) is 2.46. The van der Waals surface area contributed by atoms with Crippen molar-refractivity contribution in [3.8, 4) is 0 Å². The van der Waals surface area contributed by atoms with Gasteiger partial charge in [0.2, 0.25) is 0 Å². The van der Waals surface area contributed by atoms with E-state index in [1.54, 1.807) is 18.3 Å². The summed E-state index contributed by atoms with van der Waals surface area (Å²) >= 11 is 0. The van der Waals surface area contributed by atoms with E-state index in [4.69, 9.17) is 5.11 Å². The molecule has 2 rings (SSSR count). The smallest absolute Gasteiger partial charge is 0.307 e. The van der Waals surface area contributed by atoms with Crippen LogP contribution in [0.4, 0.5) is 0 Å². The Morgan fingerprint density at radius 3 is 3.05 bits per heavy atom. The van der Waals surface area contributed by atoms with Crippen molar-refractivity contribution in [3.05, 3.63) is 30.1 Å². The summed E-state index contributed by atoms with van der Waals surface area (Å²) in [5.41, 5.74) is 0.509. The fourth-order valence-electron chi connectivity index (χ4n) is 2.18. The third-order valence-electron chi connectivity index (χ3n) is 3.24. The van der Waals surface area contributed by atoms with Gasteiger partial charge in [-0.15, -0.1) is 0 Å². The van der Waals surface area contributed by atoms with Gasteiger partial charge in [0.05, 0.1) is 18.2 Å². The van der Waals surface area contributed by atoms with Crippen LogP contribution >= 0.6 is 0 Å². The lowest BCUT2D eigenvalue weighted by Gasteiger charge is -2.30. The summed E-state index contributed by atoms with van der Waals surface area (Å²) in [7, 11) is 0. The number of carboxylic acids is 1. The number of likely N-dealkylation sites (tertiary alicyclic amines) is 1. The first-order chi connectivity index (χ1) is 9.16. The van der Waals surface area contributed by atoms with Gasteiger partial charge in [-0.3, -0.25) is 19.5 Å². The molecule has 1 amide bonds. The van der Waals surface area contributed by atoms with Crippen LogP contribution in [0.1, 0.15) is 23.2 Å². The molecular weight excluding hydrogens is 246 g/mol. The molecule has 1 aliphatic rings. The Bertz CT molecular complexity index is 450. The van der Waals surface area contributed by atoms with Crippen molar-refractivity contribution in [1.82, 2.24) is 15.2 Å². The largest absolute Gasteiger partial charge is 0.481 e. The number of hydrogen-bond acceptors (Lipinski definition) is 4. The van der Waals surface area contributed by atoms with Crippen molar-refractivity contribution in [2.24, 2.45) is 5.92 Å². The first-order valence-corrected chi connectivity index (χ1v) is 6.30. The molecule has 0 bridgehead atoms. The van der Waals surface area contributed by atoms with Crippen LogP contribution in [0.3, 0.4) is 0 Å². The second kappa shape index (κ2) is 6.29. The van der Waals surface area contributed by atoms with Crippen LogP contribution in [0.25, 0.3) is 0 Å². The number of nitrogens with zero attached hydrogens (tertiary/aromatic N) is 2. The molecule has 0 radical (unpaired) electrons. The number of piperidine rings is 1. The van der Waals surface area contributed by atoms with Crippen LogP contribution in [-0.4, -0.2) is 46.6 Å². The zero-order valence-corrected chi connectivity index (χ0v) is 10.6. The van der Waals surface area contributed by atoms with E-state index in [1.807, 2.05) is 4.90 Å². The molecule has 6 heteroatoms. The minimum Gasteiger partial charge on any atom is -0.481 e. The Morgan fingerprint density at radius 2 is 2.37 bits per heavy atom. The second-order valence-corrected chi connectivity index (χ2v) is 4.66. The lowest BCUT2D eigenvalue weighted by Crippen LogP contribution is -2.44. The molecule has 2 heterocycles. The molecule has 0 saturated carbocycles. The van der Waals surface area contributed by atoms with E-state index in [1.165, 1.54) is 6.20 Å². The molecule has 1 atom stereocenters. The average molecular weight is 263 g/mol. The van der Waals surface area contributed by atoms with Gasteiger partial charge >= 0.3 is 5.97 Å². The van der Waals surface area contributed by atoms with E-state index in [-0.39, 0.29) is 11.8 Å². The number of carboxylic acid groups (broad SMARTS) is 1. The molecule has 1 aliphatic heterocycles. The van der Waals surface area contributed by atoms with Crippen molar-refractivity contribution >= 4 is 11.9 Å². The molecule has 1 saturated heterocycles. The van der Waals surface area contributed by atoms with E-state index in [2.05, 4.69) is 10.3 Å². The predicted molar refractivity (Wildman–Crippen MR) is 68.5 cm³/mol. The minimum absolute atomic E-state index is 0.189. The van der Waals surface area contributed by atoms with Gasteiger partial charge in [0.15, 0.2) is 0 Å². The number of amides is 1. The van der Waals surface area contributed by atoms with Gasteiger partial charge in [-0.05, 0) is 31.5 Å². The van der Waals surface area contributed by atoms with Crippen LogP contribution < -0.4 is 5.32 Å². The third-order valence-corrected chi connectivity index (χ3v) is 3.24. The van der Waals surface area contributed by atoms with Crippen LogP contribution in [0, 0.1) is 5.92 Å². The molecule has 0 spiro atoms. The number of nitrogens with one attached hydrogen (secondary N) is 1. The van der Waals surface area contributed by atoms with Gasteiger partial charge in [-0.1, -0.05) is 0 Å². The summed E-state index contributed by atoms with van der Waals surface area (Å²) in [6.07, 6.45) is 4.67. The fraction of sp³-hybridized carbons (Fsp3) is 0.462. The lowest BCUT2D eigenvalue weighted by atomic mass is 9.99. The van der Waals surface area contributed by atoms with E-state index < -0.39 is 5.97 Å². The maximum atomic E-state index is 11.8. The first kappa shape index (κ1) is 13.5. The topological polar surface area (TPSA) is 82.5 Å². The van der Waals surface area contributed by atoms with Crippen molar-refractivity contribution in [3.63, 3.8) is 0 Å². The summed E-state index contributed by atoms with van der Waals surface area (Å²) in [6.45, 7) is 1.68. The number of rotatable bonds is 4. The Balaban J connectivity index is 1.82. The lowest BCUT2D eigenvalue weighted by molar-refractivity contribution is -0.143. The summed E-state index contributed by atoms with van der Waals surface area (Å²) in [5, 5.41) is 11.8. The maximum Gasteiger partial charge on any atom is 0.307 e. The monoisotopic (exact) mass is 263 g/mol. The van der Waals surface area contributed by atoms with E-state index in [0.29, 0.717) is 25.2 Å². The predicted octanol–water partition coefficient (Wildman–Crippen LogP) is 0.565. The van der Waals surface area contributed by atoms with Gasteiger partial charge in [0.1, 0.15) is 0 Å². The summed E-state index contributed by atoms with van der Waals surface area (Å²) in [5.74, 6) is -1.28. The zero-order chi connectivity index (χ0) is 13.7. The van der Waals surface area contributed by atoms with Gasteiger partial charge < -0.3 is 10.4 Å². The quantitative estimate of drug-likeness (QED) is 0.829. The number of carbonyl (C=O) groups excluding carboxylic acids is 1. The highest BCUT2D eigenvalue weighted by molar-refractivity contribution is 5.93. The Kier molecular flexibility index (Phi) is 4.46. The highest BCUT2D eigenvalue weighted by atomic mass is 16.4. The van der Waals surface area contributed by atoms with Gasteiger partial charge in [-0.25, -0.2) is 0 Å². The Morgan fingerprint density at radius 1 is 1.53 bits per heavy atom. The molecular formula is C13H17N3O3. The molecule has 1 aromatic rings. The van der Waals surface area contributed by atoms with Crippen molar-refractivity contribution in [2.75, 3.05) is 19.8 Å². The Labute approximate surface area is 111 Å². The number of aliphatic carboxylic acids is 1. The molecule has 1 unspecified atom stereocenters. The van der Waals surface area contributed by atoms with E-state index >= 15 is 0 Å². The molecule has 0 aliphatic carbocycles. The molecule has 1 fully saturated rings. The highest BCUT2D eigenvalue weighted by Gasteiger charge is 2.25. The highest BCUT2D eigenvalue weighted by Crippen LogP contribution is 2.15. The normalized spacial score (nSPS) is 19.9. The summed E-state index contributed by atoms with van der Waals surface area (Å²) in [4.78, 5) is 28.6.